The molecule has 0 spiro atoms. The Kier molecular flexibility index (Phi) is 7.27. The van der Waals surface area contributed by atoms with E-state index in [4.69, 9.17) is 5.73 Å². The molecule has 1 aliphatic carbocycles. The lowest BCUT2D eigenvalue weighted by molar-refractivity contribution is -0.116. The first-order valence-electron chi connectivity index (χ1n) is 9.12. The summed E-state index contributed by atoms with van der Waals surface area (Å²) in [5, 5.41) is 3.07. The normalized spacial score (nSPS) is 16.4. The van der Waals surface area contributed by atoms with E-state index >= 15 is 0 Å². The number of hydrogen-bond acceptors (Lipinski definition) is 4. The SMILES string of the molecule is C=CC(NC)C(C=NCc1ccc(CCC)c(F)c1)=C(N)C(=O)C1CC1. The largest absolute Gasteiger partial charge is 0.396 e. The van der Waals surface area contributed by atoms with Crippen LogP contribution in [0.15, 0.2) is 47.1 Å². The van der Waals surface area contributed by atoms with Crippen molar-refractivity contribution in [3.05, 3.63) is 59.1 Å². The molecule has 1 atom stereocenters. The summed E-state index contributed by atoms with van der Waals surface area (Å²) in [5.74, 6) is -0.178. The maximum atomic E-state index is 14.0. The Hall–Kier alpha value is -2.27. The molecule has 1 aliphatic rings. The van der Waals surface area contributed by atoms with Crippen LogP contribution in [-0.2, 0) is 17.8 Å². The van der Waals surface area contributed by atoms with Crippen LogP contribution in [0.4, 0.5) is 4.39 Å². The number of nitrogens with one attached hydrogen (secondary N) is 1. The highest BCUT2D eigenvalue weighted by atomic mass is 19.1. The molecule has 1 unspecified atom stereocenters. The zero-order valence-corrected chi connectivity index (χ0v) is 15.6. The molecule has 4 nitrogen and oxygen atoms in total. The van der Waals surface area contributed by atoms with Crippen LogP contribution in [0.2, 0.25) is 0 Å². The summed E-state index contributed by atoms with van der Waals surface area (Å²) in [6, 6.07) is 4.96. The summed E-state index contributed by atoms with van der Waals surface area (Å²) in [4.78, 5) is 16.7. The van der Waals surface area contributed by atoms with Gasteiger partial charge in [-0.3, -0.25) is 9.79 Å². The third kappa shape index (κ3) is 5.11. The zero-order valence-electron chi connectivity index (χ0n) is 15.6. The van der Waals surface area contributed by atoms with E-state index in [0.29, 0.717) is 12.1 Å². The van der Waals surface area contributed by atoms with Gasteiger partial charge in [0.2, 0.25) is 0 Å². The third-order valence-electron chi connectivity index (χ3n) is 4.55. The van der Waals surface area contributed by atoms with Crippen molar-refractivity contribution in [1.29, 1.82) is 0 Å². The maximum absolute atomic E-state index is 14.0. The first-order valence-corrected chi connectivity index (χ1v) is 9.12. The molecule has 0 saturated heterocycles. The predicted molar refractivity (Wildman–Crippen MR) is 105 cm³/mol. The number of aryl methyl sites for hydroxylation is 1. The van der Waals surface area contributed by atoms with Gasteiger partial charge in [0.1, 0.15) is 5.82 Å². The number of nitrogens with two attached hydrogens (primary N) is 1. The van der Waals surface area contributed by atoms with Crippen LogP contribution >= 0.6 is 0 Å². The Morgan fingerprint density at radius 2 is 2.23 bits per heavy atom. The van der Waals surface area contributed by atoms with Crippen molar-refractivity contribution in [1.82, 2.24) is 5.32 Å². The molecule has 0 aliphatic heterocycles. The molecule has 26 heavy (non-hydrogen) atoms. The number of aliphatic imine (C=N–C) groups is 1. The Labute approximate surface area is 155 Å². The van der Waals surface area contributed by atoms with Crippen molar-refractivity contribution in [2.24, 2.45) is 16.6 Å². The second-order valence-corrected chi connectivity index (χ2v) is 6.66. The van der Waals surface area contributed by atoms with E-state index < -0.39 is 0 Å². The Bertz CT molecular complexity index is 720. The van der Waals surface area contributed by atoms with Gasteiger partial charge in [-0.1, -0.05) is 31.6 Å². The fourth-order valence-corrected chi connectivity index (χ4v) is 2.84. The van der Waals surface area contributed by atoms with Crippen molar-refractivity contribution in [2.45, 2.75) is 45.2 Å². The molecule has 0 bridgehead atoms. The molecule has 0 aromatic heterocycles. The van der Waals surface area contributed by atoms with Gasteiger partial charge >= 0.3 is 0 Å². The third-order valence-corrected chi connectivity index (χ3v) is 4.55. The van der Waals surface area contributed by atoms with Crippen molar-refractivity contribution in [2.75, 3.05) is 7.05 Å². The molecule has 0 heterocycles. The summed E-state index contributed by atoms with van der Waals surface area (Å²) in [7, 11) is 1.77. The van der Waals surface area contributed by atoms with Gasteiger partial charge in [0.25, 0.3) is 0 Å². The summed E-state index contributed by atoms with van der Waals surface area (Å²) in [6.45, 7) is 6.13. The minimum Gasteiger partial charge on any atom is -0.396 e. The molecule has 0 radical (unpaired) electrons. The lowest BCUT2D eigenvalue weighted by Gasteiger charge is -2.15. The number of carbonyl (C=O) groups is 1. The number of hydrogen-bond donors (Lipinski definition) is 2. The Morgan fingerprint density at radius 3 is 2.77 bits per heavy atom. The van der Waals surface area contributed by atoms with Gasteiger partial charge in [-0.2, -0.15) is 0 Å². The number of rotatable bonds is 10. The number of likely N-dealkylation sites (N-methyl/N-ethyl adjacent to an activating group) is 1. The van der Waals surface area contributed by atoms with E-state index in [0.717, 1.165) is 36.8 Å². The van der Waals surface area contributed by atoms with Gasteiger partial charge in [-0.15, -0.1) is 6.58 Å². The number of ketones is 1. The van der Waals surface area contributed by atoms with Crippen molar-refractivity contribution < 1.29 is 9.18 Å². The van der Waals surface area contributed by atoms with Crippen molar-refractivity contribution in [3.63, 3.8) is 0 Å². The second-order valence-electron chi connectivity index (χ2n) is 6.66. The highest BCUT2D eigenvalue weighted by Crippen LogP contribution is 2.32. The molecule has 1 aromatic carbocycles. The van der Waals surface area contributed by atoms with E-state index in [2.05, 4.69) is 16.9 Å². The molecule has 3 N–H and O–H groups in total. The minimum absolute atomic E-state index is 0.0245. The van der Waals surface area contributed by atoms with Gasteiger partial charge in [-0.25, -0.2) is 4.39 Å². The fourth-order valence-electron chi connectivity index (χ4n) is 2.84. The topological polar surface area (TPSA) is 67.5 Å². The van der Waals surface area contributed by atoms with Crippen LogP contribution in [0.25, 0.3) is 0 Å². The van der Waals surface area contributed by atoms with Gasteiger partial charge < -0.3 is 11.1 Å². The van der Waals surface area contributed by atoms with Crippen molar-refractivity contribution >= 4 is 12.0 Å². The molecular formula is C21H28FN3O. The smallest absolute Gasteiger partial charge is 0.181 e. The molecule has 140 valence electrons. The average Bonchev–Trinajstić information content (AvgIpc) is 3.47. The molecule has 1 saturated carbocycles. The second kappa shape index (κ2) is 9.43. The maximum Gasteiger partial charge on any atom is 0.181 e. The standard InChI is InChI=1S/C21H28FN3O/c1-4-6-15-8-7-14(11-18(15)22)12-25-13-17(19(5-2)24-3)20(23)21(26)16-9-10-16/h5,7-8,11,13,16,19,24H,2,4,6,9-10,12,23H2,1,3H3. The summed E-state index contributed by atoms with van der Waals surface area (Å²) in [6.07, 6.45) is 6.72. The fraction of sp³-hybridized carbons (Fsp3) is 0.429. The quantitative estimate of drug-likeness (QED) is 0.383. The molecular weight excluding hydrogens is 329 g/mol. The van der Waals surface area contributed by atoms with E-state index in [1.165, 1.54) is 6.07 Å². The summed E-state index contributed by atoms with van der Waals surface area (Å²) < 4.78 is 14.0. The van der Waals surface area contributed by atoms with Gasteiger partial charge in [0.05, 0.1) is 18.3 Å². The van der Waals surface area contributed by atoms with E-state index in [1.54, 1.807) is 19.3 Å². The number of Topliss-reactive ketones (excluding diaryl/α,β-unsaturated/α-hetero) is 1. The summed E-state index contributed by atoms with van der Waals surface area (Å²) >= 11 is 0. The highest BCUT2D eigenvalue weighted by Gasteiger charge is 2.32. The Balaban J connectivity index is 2.17. The predicted octanol–water partition coefficient (Wildman–Crippen LogP) is 3.31. The minimum atomic E-state index is -0.259. The summed E-state index contributed by atoms with van der Waals surface area (Å²) in [5.41, 5.74) is 8.46. The number of benzene rings is 1. The van der Waals surface area contributed by atoms with E-state index in [-0.39, 0.29) is 29.3 Å². The number of nitrogens with zero attached hydrogens (tertiary/aromatic N) is 1. The molecule has 1 aromatic rings. The number of allylic oxidation sites excluding steroid dienone is 1. The van der Waals surface area contributed by atoms with E-state index in [1.807, 2.05) is 19.1 Å². The first-order chi connectivity index (χ1) is 12.5. The van der Waals surface area contributed by atoms with Crippen molar-refractivity contribution in [3.8, 4) is 0 Å². The number of carbonyl (C=O) groups excluding carboxylic acids is 1. The monoisotopic (exact) mass is 357 g/mol. The first kappa shape index (κ1) is 20.0. The van der Waals surface area contributed by atoms with Crippen LogP contribution in [0, 0.1) is 11.7 Å². The highest BCUT2D eigenvalue weighted by molar-refractivity contribution is 6.03. The average molecular weight is 357 g/mol. The molecule has 0 amide bonds. The molecule has 2 rings (SSSR count). The number of halogens is 1. The Morgan fingerprint density at radius 1 is 1.50 bits per heavy atom. The van der Waals surface area contributed by atoms with Gasteiger partial charge in [0.15, 0.2) is 5.78 Å². The van der Waals surface area contributed by atoms with Crippen LogP contribution in [0.5, 0.6) is 0 Å². The van der Waals surface area contributed by atoms with Crippen LogP contribution in [0.1, 0.15) is 37.3 Å². The van der Waals surface area contributed by atoms with Gasteiger partial charge in [-0.05, 0) is 43.5 Å². The van der Waals surface area contributed by atoms with Crippen LogP contribution in [0.3, 0.4) is 0 Å². The van der Waals surface area contributed by atoms with Gasteiger partial charge in [0, 0.05) is 17.7 Å². The van der Waals surface area contributed by atoms with Crippen LogP contribution < -0.4 is 11.1 Å². The van der Waals surface area contributed by atoms with Crippen LogP contribution in [-0.4, -0.2) is 25.1 Å². The lowest BCUT2D eigenvalue weighted by atomic mass is 10.0. The molecule has 5 heteroatoms. The molecule has 1 fully saturated rings. The zero-order chi connectivity index (χ0) is 19.1. The van der Waals surface area contributed by atoms with E-state index in [9.17, 15) is 9.18 Å². The lowest BCUT2D eigenvalue weighted by Crippen LogP contribution is -2.30.